The summed E-state index contributed by atoms with van der Waals surface area (Å²) in [4.78, 5) is 11.4. The van der Waals surface area contributed by atoms with Gasteiger partial charge < -0.3 is 0 Å². The maximum Gasteiger partial charge on any atom is 0.132 e. The maximum atomic E-state index is 5.12. The molecule has 0 saturated heterocycles. The Kier molecular flexibility index (Phi) is 5.10. The molecule has 2 aromatic carbocycles. The molecule has 17 heavy (non-hydrogen) atoms. The van der Waals surface area contributed by atoms with Gasteiger partial charge in [0.25, 0.3) is 0 Å². The zero-order valence-electron chi connectivity index (χ0n) is 9.41. The first kappa shape index (κ1) is 12.2. The van der Waals surface area contributed by atoms with E-state index < -0.39 is 0 Å². The summed E-state index contributed by atoms with van der Waals surface area (Å²) in [6.45, 7) is 0.482. The van der Waals surface area contributed by atoms with E-state index in [1.54, 1.807) is 11.8 Å². The average Bonchev–Trinajstić information content (AvgIpc) is 2.41. The van der Waals surface area contributed by atoms with Crippen LogP contribution in [0.15, 0.2) is 65.6 Å². The molecule has 2 nitrogen and oxygen atoms in total. The molecule has 0 aliphatic carbocycles. The highest BCUT2D eigenvalue weighted by atomic mass is 32.2. The summed E-state index contributed by atoms with van der Waals surface area (Å²) in [5, 5.41) is 0. The summed E-state index contributed by atoms with van der Waals surface area (Å²) in [5.41, 5.74) is 1.11. The van der Waals surface area contributed by atoms with Crippen molar-refractivity contribution in [2.75, 3.05) is 5.94 Å². The van der Waals surface area contributed by atoms with Gasteiger partial charge >= 0.3 is 0 Å². The minimum absolute atomic E-state index is 0.482. The van der Waals surface area contributed by atoms with E-state index in [0.29, 0.717) is 12.5 Å². The van der Waals surface area contributed by atoms with Gasteiger partial charge in [-0.1, -0.05) is 60.3 Å². The van der Waals surface area contributed by atoms with E-state index in [0.717, 1.165) is 5.56 Å². The van der Waals surface area contributed by atoms with Gasteiger partial charge in [-0.15, -0.1) is 0 Å². The summed E-state index contributed by atoms with van der Waals surface area (Å²) < 4.78 is 0. The second-order valence-electron chi connectivity index (χ2n) is 3.44. The van der Waals surface area contributed by atoms with Crippen molar-refractivity contribution in [3.8, 4) is 0 Å². The van der Waals surface area contributed by atoms with Crippen LogP contribution in [0.4, 0.5) is 0 Å². The van der Waals surface area contributed by atoms with Gasteiger partial charge in [-0.2, -0.15) is 0 Å². The van der Waals surface area contributed by atoms with Crippen molar-refractivity contribution >= 4 is 11.8 Å². The quantitative estimate of drug-likeness (QED) is 0.253. The molecular weight excluding hydrogens is 232 g/mol. The van der Waals surface area contributed by atoms with Gasteiger partial charge in [0.1, 0.15) is 12.5 Å². The van der Waals surface area contributed by atoms with Crippen LogP contribution < -0.4 is 0 Å². The number of benzene rings is 2. The van der Waals surface area contributed by atoms with Gasteiger partial charge in [-0.05, 0) is 17.7 Å². The Morgan fingerprint density at radius 3 is 2.12 bits per heavy atom. The Morgan fingerprint density at radius 1 is 0.765 bits per heavy atom. The molecule has 0 N–H and O–H groups in total. The van der Waals surface area contributed by atoms with Crippen LogP contribution in [0.1, 0.15) is 5.56 Å². The first-order valence-electron chi connectivity index (χ1n) is 5.41. The first-order chi connectivity index (χ1) is 8.45. The zero-order chi connectivity index (χ0) is 11.8. The van der Waals surface area contributed by atoms with Crippen molar-refractivity contribution in [1.29, 1.82) is 0 Å². The summed E-state index contributed by atoms with van der Waals surface area (Å²) >= 11 is 1.61. The molecule has 0 atom stereocenters. The summed E-state index contributed by atoms with van der Waals surface area (Å²) in [6.07, 6.45) is 0. The number of thioether (sulfide) groups is 1. The van der Waals surface area contributed by atoms with Gasteiger partial charge in [-0.3, -0.25) is 0 Å². The van der Waals surface area contributed by atoms with Gasteiger partial charge in [0, 0.05) is 4.90 Å². The highest BCUT2D eigenvalue weighted by Crippen LogP contribution is 2.17. The van der Waals surface area contributed by atoms with E-state index in [1.807, 2.05) is 60.7 Å². The summed E-state index contributed by atoms with van der Waals surface area (Å²) in [6, 6.07) is 20.1. The minimum atomic E-state index is 0.482. The molecular formula is C14H14O2S. The van der Waals surface area contributed by atoms with Crippen LogP contribution in [0.2, 0.25) is 0 Å². The highest BCUT2D eigenvalue weighted by molar-refractivity contribution is 7.99. The Morgan fingerprint density at radius 2 is 1.41 bits per heavy atom. The van der Waals surface area contributed by atoms with E-state index in [4.69, 9.17) is 9.78 Å². The van der Waals surface area contributed by atoms with Crippen molar-refractivity contribution < 1.29 is 9.78 Å². The van der Waals surface area contributed by atoms with Gasteiger partial charge in [0.2, 0.25) is 0 Å². The molecule has 0 radical (unpaired) electrons. The summed E-state index contributed by atoms with van der Waals surface area (Å²) in [5.74, 6) is 0.497. The SMILES string of the molecule is c1ccc(COOCSc2ccccc2)cc1. The molecule has 0 fully saturated rings. The van der Waals surface area contributed by atoms with Crippen molar-refractivity contribution in [2.45, 2.75) is 11.5 Å². The predicted octanol–water partition coefficient (Wildman–Crippen LogP) is 3.88. The lowest BCUT2D eigenvalue weighted by Gasteiger charge is -2.04. The normalized spacial score (nSPS) is 10.4. The third-order valence-electron chi connectivity index (χ3n) is 2.17. The zero-order valence-corrected chi connectivity index (χ0v) is 10.2. The molecule has 0 aliphatic heterocycles. The topological polar surface area (TPSA) is 18.5 Å². The average molecular weight is 246 g/mol. The van der Waals surface area contributed by atoms with Crippen molar-refractivity contribution in [3.05, 3.63) is 66.2 Å². The molecule has 0 aromatic heterocycles. The molecule has 3 heteroatoms. The minimum Gasteiger partial charge on any atom is -0.231 e. The Labute approximate surface area is 105 Å². The molecule has 0 amide bonds. The van der Waals surface area contributed by atoms with Gasteiger partial charge in [0.05, 0.1) is 0 Å². The number of hydrogen-bond acceptors (Lipinski definition) is 3. The van der Waals surface area contributed by atoms with E-state index in [9.17, 15) is 0 Å². The number of hydrogen-bond donors (Lipinski definition) is 0. The predicted molar refractivity (Wildman–Crippen MR) is 69.5 cm³/mol. The molecule has 0 spiro atoms. The highest BCUT2D eigenvalue weighted by Gasteiger charge is 1.94. The van der Waals surface area contributed by atoms with Crippen molar-refractivity contribution in [1.82, 2.24) is 0 Å². The summed E-state index contributed by atoms with van der Waals surface area (Å²) in [7, 11) is 0. The van der Waals surface area contributed by atoms with Gasteiger partial charge in [-0.25, -0.2) is 9.78 Å². The molecule has 0 unspecified atom stereocenters. The standard InChI is InChI=1S/C14H14O2S/c1-3-7-13(8-4-1)11-15-16-12-17-14-9-5-2-6-10-14/h1-10H,11-12H2. The Bertz CT molecular complexity index is 375. The third kappa shape index (κ3) is 4.61. The second kappa shape index (κ2) is 7.12. The third-order valence-corrected chi connectivity index (χ3v) is 2.99. The van der Waals surface area contributed by atoms with Crippen LogP contribution in [-0.2, 0) is 16.4 Å². The number of rotatable bonds is 6. The smallest absolute Gasteiger partial charge is 0.132 e. The maximum absolute atomic E-state index is 5.12. The Hall–Kier alpha value is -1.29. The molecule has 2 rings (SSSR count). The molecule has 0 aliphatic rings. The molecule has 0 saturated carbocycles. The van der Waals surface area contributed by atoms with Crippen molar-refractivity contribution in [2.24, 2.45) is 0 Å². The van der Waals surface area contributed by atoms with Crippen LogP contribution in [0, 0.1) is 0 Å². The lowest BCUT2D eigenvalue weighted by molar-refractivity contribution is -0.288. The van der Waals surface area contributed by atoms with E-state index in [-0.39, 0.29) is 0 Å². The van der Waals surface area contributed by atoms with E-state index in [1.165, 1.54) is 4.90 Å². The monoisotopic (exact) mass is 246 g/mol. The molecule has 2 aromatic rings. The van der Waals surface area contributed by atoms with Crippen LogP contribution in [0.25, 0.3) is 0 Å². The Balaban J connectivity index is 1.61. The van der Waals surface area contributed by atoms with Gasteiger partial charge in [0.15, 0.2) is 0 Å². The van der Waals surface area contributed by atoms with Crippen LogP contribution in [0.3, 0.4) is 0 Å². The fourth-order valence-electron chi connectivity index (χ4n) is 1.33. The fraction of sp³-hybridized carbons (Fsp3) is 0.143. The lowest BCUT2D eigenvalue weighted by Crippen LogP contribution is -1.94. The molecule has 0 heterocycles. The van der Waals surface area contributed by atoms with Crippen molar-refractivity contribution in [3.63, 3.8) is 0 Å². The molecule has 0 bridgehead atoms. The fourth-order valence-corrected chi connectivity index (χ4v) is 1.93. The first-order valence-corrected chi connectivity index (χ1v) is 6.40. The van der Waals surface area contributed by atoms with Crippen LogP contribution in [0.5, 0.6) is 0 Å². The van der Waals surface area contributed by atoms with Crippen LogP contribution >= 0.6 is 11.8 Å². The van der Waals surface area contributed by atoms with E-state index >= 15 is 0 Å². The largest absolute Gasteiger partial charge is 0.231 e. The second-order valence-corrected chi connectivity index (χ2v) is 4.44. The van der Waals surface area contributed by atoms with E-state index in [2.05, 4.69) is 0 Å². The molecule has 88 valence electrons. The van der Waals surface area contributed by atoms with Crippen LogP contribution in [-0.4, -0.2) is 5.94 Å². The lowest BCUT2D eigenvalue weighted by atomic mass is 10.2.